The Labute approximate surface area is 116 Å². The van der Waals surface area contributed by atoms with Crippen molar-refractivity contribution in [2.24, 2.45) is 0 Å². The highest BCUT2D eigenvalue weighted by molar-refractivity contribution is 6.05. The van der Waals surface area contributed by atoms with Crippen LogP contribution < -0.4 is 10.8 Å². The third-order valence-electron chi connectivity index (χ3n) is 2.82. The fourth-order valence-electron chi connectivity index (χ4n) is 1.68. The molecule has 0 saturated heterocycles. The number of benzene rings is 2. The molecule has 0 fully saturated rings. The molecule has 102 valence electrons. The summed E-state index contributed by atoms with van der Waals surface area (Å²) in [5, 5.41) is 11.3. The number of amides is 2. The molecule has 2 rings (SSSR count). The number of hydrogen-bond acceptors (Lipinski definition) is 3. The van der Waals surface area contributed by atoms with Crippen LogP contribution in [0.5, 0.6) is 0 Å². The van der Waals surface area contributed by atoms with E-state index in [4.69, 9.17) is 5.21 Å². The van der Waals surface area contributed by atoms with Gasteiger partial charge in [-0.15, -0.1) is 0 Å². The van der Waals surface area contributed by atoms with Gasteiger partial charge in [-0.2, -0.15) is 0 Å². The van der Waals surface area contributed by atoms with Crippen LogP contribution in [-0.4, -0.2) is 17.0 Å². The van der Waals surface area contributed by atoms with Crippen LogP contribution in [0.15, 0.2) is 48.5 Å². The summed E-state index contributed by atoms with van der Waals surface area (Å²) < 4.78 is 0. The summed E-state index contributed by atoms with van der Waals surface area (Å²) in [5.74, 6) is -0.875. The molecule has 0 aromatic heterocycles. The minimum absolute atomic E-state index is 0.259. The van der Waals surface area contributed by atoms with E-state index in [-0.39, 0.29) is 11.5 Å². The molecule has 0 spiro atoms. The average molecular weight is 270 g/mol. The Morgan fingerprint density at radius 3 is 1.85 bits per heavy atom. The van der Waals surface area contributed by atoms with E-state index in [1.54, 1.807) is 0 Å². The highest BCUT2D eigenvalue weighted by Gasteiger charge is 2.08. The minimum atomic E-state index is -0.615. The monoisotopic (exact) mass is 270 g/mol. The van der Waals surface area contributed by atoms with Gasteiger partial charge >= 0.3 is 0 Å². The normalized spacial score (nSPS) is 9.90. The molecule has 3 N–H and O–H groups in total. The van der Waals surface area contributed by atoms with E-state index < -0.39 is 5.91 Å². The van der Waals surface area contributed by atoms with Gasteiger partial charge in [0.05, 0.1) is 0 Å². The van der Waals surface area contributed by atoms with Crippen LogP contribution in [0, 0.1) is 6.92 Å². The molecule has 0 aliphatic rings. The average Bonchev–Trinajstić information content (AvgIpc) is 2.49. The first-order chi connectivity index (χ1) is 9.60. The molecular weight excluding hydrogens is 256 g/mol. The Morgan fingerprint density at radius 2 is 1.35 bits per heavy atom. The van der Waals surface area contributed by atoms with E-state index in [1.165, 1.54) is 29.7 Å². The van der Waals surface area contributed by atoms with Crippen molar-refractivity contribution in [3.8, 4) is 0 Å². The summed E-state index contributed by atoms with van der Waals surface area (Å²) in [5.41, 5.74) is 4.06. The first kappa shape index (κ1) is 13.8. The number of carbonyl (C=O) groups is 2. The maximum atomic E-state index is 12.0. The number of hydrogen-bond donors (Lipinski definition) is 3. The van der Waals surface area contributed by atoms with E-state index in [0.717, 1.165) is 5.56 Å². The number of nitrogens with one attached hydrogen (secondary N) is 2. The van der Waals surface area contributed by atoms with Crippen molar-refractivity contribution in [1.82, 2.24) is 5.48 Å². The van der Waals surface area contributed by atoms with E-state index in [9.17, 15) is 9.59 Å². The molecule has 5 nitrogen and oxygen atoms in total. The molecule has 0 saturated carbocycles. The Bertz CT molecular complexity index is 619. The van der Waals surface area contributed by atoms with Gasteiger partial charge < -0.3 is 5.32 Å². The number of carbonyl (C=O) groups excluding carboxylic acids is 2. The second-order valence-corrected chi connectivity index (χ2v) is 4.34. The molecule has 0 atom stereocenters. The molecule has 0 aliphatic heterocycles. The van der Waals surface area contributed by atoms with Crippen molar-refractivity contribution in [1.29, 1.82) is 0 Å². The van der Waals surface area contributed by atoms with Gasteiger partial charge in [0.15, 0.2) is 0 Å². The zero-order valence-electron chi connectivity index (χ0n) is 10.9. The number of rotatable bonds is 3. The van der Waals surface area contributed by atoms with Crippen molar-refractivity contribution in [2.75, 3.05) is 5.32 Å². The predicted octanol–water partition coefficient (Wildman–Crippen LogP) is 2.37. The molecule has 20 heavy (non-hydrogen) atoms. The van der Waals surface area contributed by atoms with Gasteiger partial charge in [0.25, 0.3) is 11.8 Å². The lowest BCUT2D eigenvalue weighted by atomic mass is 10.1. The summed E-state index contributed by atoms with van der Waals surface area (Å²) in [7, 11) is 0. The lowest BCUT2D eigenvalue weighted by Crippen LogP contribution is -2.19. The van der Waals surface area contributed by atoms with Gasteiger partial charge in [0.1, 0.15) is 0 Å². The molecule has 2 amide bonds. The van der Waals surface area contributed by atoms with Crippen molar-refractivity contribution < 1.29 is 14.8 Å². The minimum Gasteiger partial charge on any atom is -0.322 e. The third kappa shape index (κ3) is 3.21. The van der Waals surface area contributed by atoms with E-state index >= 15 is 0 Å². The molecule has 0 aliphatic carbocycles. The van der Waals surface area contributed by atoms with Gasteiger partial charge in [0, 0.05) is 16.8 Å². The lowest BCUT2D eigenvalue weighted by molar-refractivity contribution is 0.0706. The number of aryl methyl sites for hydroxylation is 1. The van der Waals surface area contributed by atoms with Crippen LogP contribution in [0.2, 0.25) is 0 Å². The van der Waals surface area contributed by atoms with E-state index in [2.05, 4.69) is 5.32 Å². The van der Waals surface area contributed by atoms with Crippen molar-refractivity contribution in [3.63, 3.8) is 0 Å². The highest BCUT2D eigenvalue weighted by atomic mass is 16.5. The summed E-state index contributed by atoms with van der Waals surface area (Å²) in [6.07, 6.45) is 0. The maximum absolute atomic E-state index is 12.0. The highest BCUT2D eigenvalue weighted by Crippen LogP contribution is 2.11. The largest absolute Gasteiger partial charge is 0.322 e. The van der Waals surface area contributed by atoms with E-state index in [1.807, 2.05) is 31.2 Å². The van der Waals surface area contributed by atoms with Gasteiger partial charge in [-0.05, 0) is 43.3 Å². The molecule has 0 bridgehead atoms. The second-order valence-electron chi connectivity index (χ2n) is 4.34. The fraction of sp³-hybridized carbons (Fsp3) is 0.0667. The first-order valence-electron chi connectivity index (χ1n) is 6.02. The molecule has 5 heteroatoms. The number of anilines is 1. The maximum Gasteiger partial charge on any atom is 0.274 e. The Kier molecular flexibility index (Phi) is 4.12. The molecule has 0 unspecified atom stereocenters. The Morgan fingerprint density at radius 1 is 0.850 bits per heavy atom. The molecule has 2 aromatic carbocycles. The first-order valence-corrected chi connectivity index (χ1v) is 6.02. The quantitative estimate of drug-likeness (QED) is 0.592. The third-order valence-corrected chi connectivity index (χ3v) is 2.82. The van der Waals surface area contributed by atoms with Gasteiger partial charge in [-0.25, -0.2) is 5.48 Å². The van der Waals surface area contributed by atoms with Crippen molar-refractivity contribution >= 4 is 17.5 Å². The zero-order valence-corrected chi connectivity index (χ0v) is 10.9. The van der Waals surface area contributed by atoms with Gasteiger partial charge in [-0.1, -0.05) is 17.7 Å². The molecular formula is C15H14N2O3. The Hall–Kier alpha value is -2.66. The van der Waals surface area contributed by atoms with Crippen LogP contribution in [-0.2, 0) is 0 Å². The molecule has 0 radical (unpaired) electrons. The van der Waals surface area contributed by atoms with Gasteiger partial charge in [0.2, 0.25) is 0 Å². The zero-order chi connectivity index (χ0) is 14.5. The summed E-state index contributed by atoms with van der Waals surface area (Å²) in [6, 6.07) is 13.4. The van der Waals surface area contributed by atoms with Crippen LogP contribution in [0.1, 0.15) is 26.3 Å². The van der Waals surface area contributed by atoms with E-state index in [0.29, 0.717) is 11.3 Å². The smallest absolute Gasteiger partial charge is 0.274 e. The second kappa shape index (κ2) is 5.99. The summed E-state index contributed by atoms with van der Waals surface area (Å²) in [6.45, 7) is 1.97. The van der Waals surface area contributed by atoms with Crippen LogP contribution in [0.25, 0.3) is 0 Å². The Balaban J connectivity index is 2.09. The topological polar surface area (TPSA) is 78.4 Å². The summed E-state index contributed by atoms with van der Waals surface area (Å²) >= 11 is 0. The fourth-order valence-corrected chi connectivity index (χ4v) is 1.68. The lowest BCUT2D eigenvalue weighted by Gasteiger charge is -2.06. The SMILES string of the molecule is Cc1ccc(NC(=O)c2ccc(C(=O)NO)cc2)cc1. The van der Waals surface area contributed by atoms with Crippen LogP contribution in [0.3, 0.4) is 0 Å². The van der Waals surface area contributed by atoms with Crippen molar-refractivity contribution in [3.05, 3.63) is 65.2 Å². The number of hydroxylamine groups is 1. The van der Waals surface area contributed by atoms with Crippen LogP contribution in [0.4, 0.5) is 5.69 Å². The predicted molar refractivity (Wildman–Crippen MR) is 74.8 cm³/mol. The summed E-state index contributed by atoms with van der Waals surface area (Å²) in [4.78, 5) is 23.1. The van der Waals surface area contributed by atoms with Gasteiger partial charge in [-0.3, -0.25) is 14.8 Å². The van der Waals surface area contributed by atoms with Crippen molar-refractivity contribution in [2.45, 2.75) is 6.92 Å². The molecule has 2 aromatic rings. The molecule has 0 heterocycles. The standard InChI is InChI=1S/C15H14N2O3/c1-10-2-8-13(9-3-10)16-14(18)11-4-6-12(7-5-11)15(19)17-20/h2-9,20H,1H3,(H,16,18)(H,17,19). The van der Waals surface area contributed by atoms with Crippen LogP contribution >= 0.6 is 0 Å².